The number of nitrogens with zero attached hydrogens (tertiary/aromatic N) is 3. The molecule has 0 radical (unpaired) electrons. The molecule has 0 saturated heterocycles. The molecule has 0 bridgehead atoms. The smallest absolute Gasteiger partial charge is 0.249 e. The van der Waals surface area contributed by atoms with Crippen molar-refractivity contribution in [2.24, 2.45) is 0 Å². The highest BCUT2D eigenvalue weighted by Crippen LogP contribution is 2.29. The summed E-state index contributed by atoms with van der Waals surface area (Å²) in [6, 6.07) is 7.19. The Kier molecular flexibility index (Phi) is 5.67. The first-order valence-electron chi connectivity index (χ1n) is 8.98. The lowest BCUT2D eigenvalue weighted by Crippen LogP contribution is -2.20. The average Bonchev–Trinajstić information content (AvgIpc) is 3.27. The van der Waals surface area contributed by atoms with Gasteiger partial charge in [-0.2, -0.15) is 0 Å². The first-order chi connectivity index (χ1) is 13.5. The summed E-state index contributed by atoms with van der Waals surface area (Å²) in [4.78, 5) is 12.7. The summed E-state index contributed by atoms with van der Waals surface area (Å²) in [5.74, 6) is 2.07. The van der Waals surface area contributed by atoms with Crippen LogP contribution in [0.3, 0.4) is 0 Å². The third-order valence-corrected chi connectivity index (χ3v) is 4.56. The van der Waals surface area contributed by atoms with Crippen molar-refractivity contribution < 1.29 is 18.7 Å². The van der Waals surface area contributed by atoms with Crippen LogP contribution in [0.15, 0.2) is 28.7 Å². The summed E-state index contributed by atoms with van der Waals surface area (Å²) in [5, 5.41) is 11.0. The minimum Gasteiger partial charge on any atom is -0.497 e. The summed E-state index contributed by atoms with van der Waals surface area (Å²) in [6.07, 6.45) is 0.677. The van der Waals surface area contributed by atoms with Crippen LogP contribution in [-0.4, -0.2) is 34.9 Å². The van der Waals surface area contributed by atoms with Gasteiger partial charge in [0.2, 0.25) is 17.7 Å². The zero-order valence-electron chi connectivity index (χ0n) is 16.7. The Labute approximate surface area is 163 Å². The number of nitrogens with one attached hydrogen (secondary N) is 1. The van der Waals surface area contributed by atoms with Gasteiger partial charge < -0.3 is 23.8 Å². The molecule has 0 unspecified atom stereocenters. The fraction of sp³-hybridized carbons (Fsp3) is 0.350. The molecule has 3 aromatic rings. The predicted octanol–water partition coefficient (Wildman–Crippen LogP) is 3.37. The molecule has 2 aromatic heterocycles. The van der Waals surface area contributed by atoms with E-state index in [1.54, 1.807) is 32.4 Å². The van der Waals surface area contributed by atoms with Crippen LogP contribution >= 0.6 is 0 Å². The van der Waals surface area contributed by atoms with Crippen molar-refractivity contribution in [3.8, 4) is 23.0 Å². The van der Waals surface area contributed by atoms with Crippen LogP contribution in [-0.2, 0) is 17.8 Å². The lowest BCUT2D eigenvalue weighted by molar-refractivity contribution is -0.116. The average molecular weight is 384 g/mol. The third kappa shape index (κ3) is 3.85. The molecule has 1 amide bonds. The molecule has 0 aliphatic rings. The van der Waals surface area contributed by atoms with Crippen molar-refractivity contribution in [1.82, 2.24) is 14.8 Å². The number of anilines is 1. The number of aryl methyl sites for hydroxylation is 2. The predicted molar refractivity (Wildman–Crippen MR) is 105 cm³/mol. The molecular formula is C20H24N4O4. The van der Waals surface area contributed by atoms with E-state index in [0.29, 0.717) is 35.4 Å². The summed E-state index contributed by atoms with van der Waals surface area (Å²) in [5.41, 5.74) is 3.20. The van der Waals surface area contributed by atoms with E-state index in [2.05, 4.69) is 15.5 Å². The van der Waals surface area contributed by atoms with E-state index in [1.165, 1.54) is 0 Å². The van der Waals surface area contributed by atoms with Crippen molar-refractivity contribution in [3.63, 3.8) is 0 Å². The molecule has 0 atom stereocenters. The Balaban J connectivity index is 1.81. The first-order valence-corrected chi connectivity index (χ1v) is 8.98. The van der Waals surface area contributed by atoms with Gasteiger partial charge in [0.05, 0.1) is 25.5 Å². The lowest BCUT2D eigenvalue weighted by atomic mass is 10.2. The van der Waals surface area contributed by atoms with E-state index in [-0.39, 0.29) is 12.5 Å². The molecule has 8 heteroatoms. The Morgan fingerprint density at radius 2 is 1.96 bits per heavy atom. The Morgan fingerprint density at radius 1 is 1.18 bits per heavy atom. The largest absolute Gasteiger partial charge is 0.497 e. The minimum atomic E-state index is -0.181. The van der Waals surface area contributed by atoms with Crippen LogP contribution in [0, 0.1) is 13.8 Å². The molecule has 2 heterocycles. The van der Waals surface area contributed by atoms with E-state index in [1.807, 2.05) is 31.4 Å². The van der Waals surface area contributed by atoms with Crippen molar-refractivity contribution in [2.75, 3.05) is 19.5 Å². The fourth-order valence-corrected chi connectivity index (χ4v) is 3.01. The summed E-state index contributed by atoms with van der Waals surface area (Å²) in [6.45, 7) is 5.97. The highest BCUT2D eigenvalue weighted by molar-refractivity contribution is 5.92. The number of amides is 1. The van der Waals surface area contributed by atoms with Crippen LogP contribution in [0.4, 0.5) is 5.69 Å². The molecule has 28 heavy (non-hydrogen) atoms. The topological polar surface area (TPSA) is 91.4 Å². The lowest BCUT2D eigenvalue weighted by Gasteiger charge is -2.13. The normalized spacial score (nSPS) is 10.8. The second-order valence-electron chi connectivity index (χ2n) is 6.34. The Morgan fingerprint density at radius 3 is 2.61 bits per heavy atom. The second kappa shape index (κ2) is 8.16. The maximum Gasteiger partial charge on any atom is 0.249 e. The van der Waals surface area contributed by atoms with Gasteiger partial charge >= 0.3 is 0 Å². The molecule has 0 aliphatic carbocycles. The van der Waals surface area contributed by atoms with Crippen LogP contribution in [0.2, 0.25) is 0 Å². The molecule has 8 nitrogen and oxygen atoms in total. The molecule has 0 spiro atoms. The van der Waals surface area contributed by atoms with E-state index in [4.69, 9.17) is 13.9 Å². The summed E-state index contributed by atoms with van der Waals surface area (Å²) < 4.78 is 18.1. The number of methoxy groups -OCH3 is 2. The highest BCUT2D eigenvalue weighted by atomic mass is 16.5. The summed E-state index contributed by atoms with van der Waals surface area (Å²) >= 11 is 0. The number of ether oxygens (including phenoxy) is 2. The van der Waals surface area contributed by atoms with Gasteiger partial charge in [-0.25, -0.2) is 0 Å². The molecule has 0 fully saturated rings. The van der Waals surface area contributed by atoms with Gasteiger partial charge in [-0.3, -0.25) is 4.79 Å². The zero-order valence-corrected chi connectivity index (χ0v) is 16.7. The number of rotatable bonds is 7. The van der Waals surface area contributed by atoms with Crippen LogP contribution in [0.5, 0.6) is 11.5 Å². The first kappa shape index (κ1) is 19.5. The summed E-state index contributed by atoms with van der Waals surface area (Å²) in [7, 11) is 3.13. The highest BCUT2D eigenvalue weighted by Gasteiger charge is 2.18. The third-order valence-electron chi connectivity index (χ3n) is 4.56. The number of hydrogen-bond donors (Lipinski definition) is 1. The van der Waals surface area contributed by atoms with Crippen molar-refractivity contribution in [2.45, 2.75) is 33.7 Å². The quantitative estimate of drug-likeness (QED) is 0.671. The SMILES string of the molecule is CCc1nnc(-c2cc(C)n(CC(=O)Nc3cc(OC)ccc3OC)c2C)o1. The number of aromatic nitrogens is 3. The van der Waals surface area contributed by atoms with Crippen LogP contribution < -0.4 is 14.8 Å². The van der Waals surface area contributed by atoms with Crippen LogP contribution in [0.25, 0.3) is 11.5 Å². The van der Waals surface area contributed by atoms with Gasteiger partial charge in [-0.05, 0) is 32.0 Å². The van der Waals surface area contributed by atoms with Gasteiger partial charge in [0.25, 0.3) is 0 Å². The molecule has 1 aromatic carbocycles. The number of carbonyl (C=O) groups excluding carboxylic acids is 1. The molecule has 3 rings (SSSR count). The van der Waals surface area contributed by atoms with Crippen molar-refractivity contribution >= 4 is 11.6 Å². The number of benzene rings is 1. The number of hydrogen-bond acceptors (Lipinski definition) is 6. The van der Waals surface area contributed by atoms with Gasteiger partial charge in [0.1, 0.15) is 18.0 Å². The van der Waals surface area contributed by atoms with Gasteiger partial charge in [0.15, 0.2) is 0 Å². The zero-order chi connectivity index (χ0) is 20.3. The Hall–Kier alpha value is -3.29. The van der Waals surface area contributed by atoms with E-state index in [9.17, 15) is 4.79 Å². The number of carbonyl (C=O) groups is 1. The van der Waals surface area contributed by atoms with E-state index in [0.717, 1.165) is 17.0 Å². The maximum atomic E-state index is 12.7. The molecule has 1 N–H and O–H groups in total. The standard InChI is InChI=1S/C20H24N4O4/c1-6-19-22-23-20(28-19)15-9-12(2)24(13(15)3)11-18(25)21-16-10-14(26-4)7-8-17(16)27-5/h7-10H,6,11H2,1-5H3,(H,21,25). The van der Waals surface area contributed by atoms with Gasteiger partial charge in [-0.1, -0.05) is 6.92 Å². The molecule has 148 valence electrons. The van der Waals surface area contributed by atoms with Crippen molar-refractivity contribution in [1.29, 1.82) is 0 Å². The molecule has 0 saturated carbocycles. The molecule has 0 aliphatic heterocycles. The Bertz CT molecular complexity index is 990. The maximum absolute atomic E-state index is 12.7. The second-order valence-corrected chi connectivity index (χ2v) is 6.34. The van der Waals surface area contributed by atoms with Crippen molar-refractivity contribution in [3.05, 3.63) is 41.5 Å². The van der Waals surface area contributed by atoms with Gasteiger partial charge in [-0.15, -0.1) is 10.2 Å². The monoisotopic (exact) mass is 384 g/mol. The minimum absolute atomic E-state index is 0.146. The van der Waals surface area contributed by atoms with Crippen LogP contribution in [0.1, 0.15) is 24.2 Å². The van der Waals surface area contributed by atoms with E-state index >= 15 is 0 Å². The molecular weight excluding hydrogens is 360 g/mol. The van der Waals surface area contributed by atoms with Gasteiger partial charge in [0, 0.05) is 23.9 Å². The van der Waals surface area contributed by atoms with E-state index < -0.39 is 0 Å². The fourth-order valence-electron chi connectivity index (χ4n) is 3.01.